The van der Waals surface area contributed by atoms with Crippen LogP contribution in [0.15, 0.2) is 16.7 Å². The number of pyridine rings is 1. The molecule has 19 heavy (non-hydrogen) atoms. The van der Waals surface area contributed by atoms with Crippen molar-refractivity contribution < 1.29 is 13.2 Å². The summed E-state index contributed by atoms with van der Waals surface area (Å²) in [5.41, 5.74) is 0. The van der Waals surface area contributed by atoms with E-state index in [1.165, 1.54) is 4.90 Å². The van der Waals surface area contributed by atoms with Crippen LogP contribution in [0.3, 0.4) is 0 Å². The van der Waals surface area contributed by atoms with E-state index in [1.54, 1.807) is 12.3 Å². The molecule has 2 heterocycles. The second kappa shape index (κ2) is 5.85. The highest BCUT2D eigenvalue weighted by Gasteiger charge is 2.32. The first-order valence-corrected chi connectivity index (χ1v) is 6.87. The van der Waals surface area contributed by atoms with Crippen molar-refractivity contribution in [1.29, 1.82) is 0 Å². The molecule has 1 aliphatic rings. The molecule has 0 aliphatic carbocycles. The summed E-state index contributed by atoms with van der Waals surface area (Å²) in [5.74, 6) is 0.622. The average Bonchev–Trinajstić information content (AvgIpc) is 2.28. The minimum absolute atomic E-state index is 0.355. The van der Waals surface area contributed by atoms with Crippen LogP contribution in [0.5, 0.6) is 0 Å². The molecule has 0 bridgehead atoms. The fourth-order valence-electron chi connectivity index (χ4n) is 2.01. The average molecular weight is 359 g/mol. The van der Waals surface area contributed by atoms with Gasteiger partial charge in [-0.15, -0.1) is 0 Å². The summed E-state index contributed by atoms with van der Waals surface area (Å²) in [7, 11) is 0. The van der Waals surface area contributed by atoms with Crippen molar-refractivity contribution in [2.45, 2.75) is 6.18 Å². The van der Waals surface area contributed by atoms with Crippen molar-refractivity contribution in [1.82, 2.24) is 9.88 Å². The lowest BCUT2D eigenvalue weighted by atomic mass is 10.3. The quantitative estimate of drug-likeness (QED) is 0.809. The van der Waals surface area contributed by atoms with Crippen LogP contribution in [0.1, 0.15) is 0 Å². The third kappa shape index (κ3) is 4.22. The fourth-order valence-corrected chi connectivity index (χ4v) is 2.76. The second-order valence-corrected chi connectivity index (χ2v) is 5.66. The molecule has 0 atom stereocenters. The molecule has 1 fully saturated rings. The number of hydrogen-bond donors (Lipinski definition) is 0. The highest BCUT2D eigenvalue weighted by molar-refractivity contribution is 9.10. The van der Waals surface area contributed by atoms with Gasteiger partial charge in [-0.25, -0.2) is 4.98 Å². The van der Waals surface area contributed by atoms with Crippen LogP contribution < -0.4 is 4.90 Å². The predicted molar refractivity (Wildman–Crippen MR) is 71.7 cm³/mol. The van der Waals surface area contributed by atoms with E-state index in [4.69, 9.17) is 11.6 Å². The van der Waals surface area contributed by atoms with E-state index in [0.717, 1.165) is 4.47 Å². The Balaban J connectivity index is 1.96. The van der Waals surface area contributed by atoms with E-state index in [-0.39, 0.29) is 0 Å². The maximum Gasteiger partial charge on any atom is 0.401 e. The van der Waals surface area contributed by atoms with Crippen LogP contribution in [0.4, 0.5) is 19.0 Å². The van der Waals surface area contributed by atoms with Gasteiger partial charge in [0.15, 0.2) is 0 Å². The van der Waals surface area contributed by atoms with Gasteiger partial charge in [-0.2, -0.15) is 13.2 Å². The Morgan fingerprint density at radius 1 is 1.26 bits per heavy atom. The van der Waals surface area contributed by atoms with Crippen molar-refractivity contribution in [2.24, 2.45) is 0 Å². The molecule has 0 unspecified atom stereocenters. The number of aromatic nitrogens is 1. The summed E-state index contributed by atoms with van der Waals surface area (Å²) in [6, 6.07) is 1.73. The molecule has 0 aromatic carbocycles. The van der Waals surface area contributed by atoms with Gasteiger partial charge in [-0.3, -0.25) is 4.90 Å². The molecular formula is C11H12BrClF3N3. The van der Waals surface area contributed by atoms with Gasteiger partial charge in [0.25, 0.3) is 0 Å². The SMILES string of the molecule is FC(F)(F)CN1CCN(c2ncc(Br)cc2Cl)CC1. The first kappa shape index (κ1) is 14.9. The minimum Gasteiger partial charge on any atom is -0.353 e. The number of rotatable bonds is 2. The van der Waals surface area contributed by atoms with Gasteiger partial charge >= 0.3 is 6.18 Å². The maximum atomic E-state index is 12.3. The Morgan fingerprint density at radius 3 is 2.42 bits per heavy atom. The monoisotopic (exact) mass is 357 g/mol. The highest BCUT2D eigenvalue weighted by Crippen LogP contribution is 2.27. The Hall–Kier alpha value is -0.530. The largest absolute Gasteiger partial charge is 0.401 e. The Morgan fingerprint density at radius 2 is 1.89 bits per heavy atom. The molecule has 1 saturated heterocycles. The summed E-state index contributed by atoms with van der Waals surface area (Å²) in [5, 5.41) is 0.499. The van der Waals surface area contributed by atoms with Crippen molar-refractivity contribution in [2.75, 3.05) is 37.6 Å². The molecule has 2 rings (SSSR count). The lowest BCUT2D eigenvalue weighted by Gasteiger charge is -2.35. The topological polar surface area (TPSA) is 19.4 Å². The molecular weight excluding hydrogens is 346 g/mol. The van der Waals surface area contributed by atoms with Crippen LogP contribution in [-0.4, -0.2) is 48.8 Å². The summed E-state index contributed by atoms with van der Waals surface area (Å²) >= 11 is 9.34. The summed E-state index contributed by atoms with van der Waals surface area (Å²) in [6.45, 7) is 0.832. The van der Waals surface area contributed by atoms with Gasteiger partial charge < -0.3 is 4.90 Å². The zero-order valence-corrected chi connectivity index (χ0v) is 12.3. The van der Waals surface area contributed by atoms with Crippen molar-refractivity contribution in [3.05, 3.63) is 21.8 Å². The van der Waals surface area contributed by atoms with Gasteiger partial charge in [-0.1, -0.05) is 11.6 Å². The lowest BCUT2D eigenvalue weighted by Crippen LogP contribution is -2.49. The molecule has 8 heteroatoms. The minimum atomic E-state index is -4.14. The van der Waals surface area contributed by atoms with Gasteiger partial charge in [0.2, 0.25) is 0 Å². The first-order valence-electron chi connectivity index (χ1n) is 5.70. The zero-order valence-electron chi connectivity index (χ0n) is 9.92. The van der Waals surface area contributed by atoms with Gasteiger partial charge in [0.05, 0.1) is 11.6 Å². The van der Waals surface area contributed by atoms with Gasteiger partial charge in [-0.05, 0) is 22.0 Å². The Kier molecular flexibility index (Phi) is 4.58. The van der Waals surface area contributed by atoms with Crippen molar-refractivity contribution in [3.63, 3.8) is 0 Å². The molecule has 1 aromatic heterocycles. The van der Waals surface area contributed by atoms with Crippen LogP contribution in [-0.2, 0) is 0 Å². The molecule has 1 aliphatic heterocycles. The second-order valence-electron chi connectivity index (χ2n) is 4.34. The molecule has 106 valence electrons. The van der Waals surface area contributed by atoms with E-state index in [1.807, 2.05) is 4.90 Å². The number of piperazine rings is 1. The van der Waals surface area contributed by atoms with Crippen LogP contribution >= 0.6 is 27.5 Å². The number of halogens is 5. The van der Waals surface area contributed by atoms with Crippen LogP contribution in [0.2, 0.25) is 5.02 Å². The molecule has 0 N–H and O–H groups in total. The smallest absolute Gasteiger partial charge is 0.353 e. The normalized spacial score (nSPS) is 17.8. The molecule has 1 aromatic rings. The summed E-state index contributed by atoms with van der Waals surface area (Å²) in [6.07, 6.45) is -2.51. The Labute approximate surface area is 122 Å². The van der Waals surface area contributed by atoms with E-state index < -0.39 is 12.7 Å². The molecule has 0 spiro atoms. The first-order chi connectivity index (χ1) is 8.85. The number of anilines is 1. The van der Waals surface area contributed by atoms with Crippen molar-refractivity contribution in [3.8, 4) is 0 Å². The van der Waals surface area contributed by atoms with Crippen molar-refractivity contribution >= 4 is 33.3 Å². The zero-order chi connectivity index (χ0) is 14.0. The number of hydrogen-bond acceptors (Lipinski definition) is 3. The molecule has 0 radical (unpaired) electrons. The maximum absolute atomic E-state index is 12.3. The fraction of sp³-hybridized carbons (Fsp3) is 0.545. The number of nitrogens with zero attached hydrogens (tertiary/aromatic N) is 3. The summed E-state index contributed by atoms with van der Waals surface area (Å²) < 4.78 is 37.6. The highest BCUT2D eigenvalue weighted by atomic mass is 79.9. The van der Waals surface area contributed by atoms with E-state index in [9.17, 15) is 13.2 Å². The molecule has 0 saturated carbocycles. The predicted octanol–water partition coefficient (Wildman–Crippen LogP) is 3.18. The van der Waals surface area contributed by atoms with E-state index in [0.29, 0.717) is 37.0 Å². The van der Waals surface area contributed by atoms with Crippen LogP contribution in [0.25, 0.3) is 0 Å². The van der Waals surface area contributed by atoms with Crippen LogP contribution in [0, 0.1) is 0 Å². The lowest BCUT2D eigenvalue weighted by molar-refractivity contribution is -0.146. The molecule has 0 amide bonds. The summed E-state index contributed by atoms with van der Waals surface area (Å²) in [4.78, 5) is 7.50. The Bertz CT molecular complexity index is 447. The van der Waals surface area contributed by atoms with Gasteiger partial charge in [0.1, 0.15) is 5.82 Å². The van der Waals surface area contributed by atoms with Gasteiger partial charge in [0, 0.05) is 36.8 Å². The third-order valence-electron chi connectivity index (χ3n) is 2.86. The molecule has 3 nitrogen and oxygen atoms in total. The third-order valence-corrected chi connectivity index (χ3v) is 3.57. The van der Waals surface area contributed by atoms with E-state index in [2.05, 4.69) is 20.9 Å². The standard InChI is InChI=1S/C11H12BrClF3N3/c12-8-5-9(13)10(17-6-8)19-3-1-18(2-4-19)7-11(14,15)16/h5-6H,1-4,7H2. The van der Waals surface area contributed by atoms with E-state index >= 15 is 0 Å². The number of alkyl halides is 3.